The van der Waals surface area contributed by atoms with Gasteiger partial charge in [0.1, 0.15) is 18.3 Å². The molecule has 1 saturated heterocycles. The van der Waals surface area contributed by atoms with Gasteiger partial charge in [-0.25, -0.2) is 19.2 Å². The second-order valence-corrected chi connectivity index (χ2v) is 7.94. The lowest BCUT2D eigenvalue weighted by atomic mass is 9.82. The predicted molar refractivity (Wildman–Crippen MR) is 123 cm³/mol. The molecule has 34 heavy (non-hydrogen) atoms. The van der Waals surface area contributed by atoms with Crippen LogP contribution in [-0.2, 0) is 42.9 Å². The lowest BCUT2D eigenvalue weighted by Gasteiger charge is -2.34. The number of hydrogen-bond acceptors (Lipinski definition) is 9. The van der Waals surface area contributed by atoms with Crippen molar-refractivity contribution in [2.45, 2.75) is 64.6 Å². The fourth-order valence-electron chi connectivity index (χ4n) is 3.26. The summed E-state index contributed by atoms with van der Waals surface area (Å²) in [6, 6.07) is 0. The lowest BCUT2D eigenvalue weighted by Crippen LogP contribution is -2.41. The molecule has 9 nitrogen and oxygen atoms in total. The Morgan fingerprint density at radius 3 is 2.03 bits per heavy atom. The quantitative estimate of drug-likeness (QED) is 0.108. The molecule has 0 amide bonds. The maximum Gasteiger partial charge on any atom is 0.345 e. The summed E-state index contributed by atoms with van der Waals surface area (Å²) in [5, 5.41) is 0. The Balaban J connectivity index is 3.66. The van der Waals surface area contributed by atoms with Crippen LogP contribution in [0.4, 0.5) is 0 Å². The minimum atomic E-state index is -1.70. The van der Waals surface area contributed by atoms with E-state index < -0.39 is 41.0 Å². The Morgan fingerprint density at radius 1 is 1.03 bits per heavy atom. The van der Waals surface area contributed by atoms with Gasteiger partial charge in [-0.3, -0.25) is 0 Å². The smallest absolute Gasteiger partial charge is 0.345 e. The van der Waals surface area contributed by atoms with Crippen molar-refractivity contribution < 1.29 is 42.9 Å². The molecular weight excluding hydrogens is 444 g/mol. The molecule has 1 heterocycles. The van der Waals surface area contributed by atoms with Crippen LogP contribution in [0.25, 0.3) is 0 Å². The number of hydrogen-bond donors (Lipinski definition) is 0. The molecule has 9 heteroatoms. The standard InChI is InChI=1S/C25H34O9/c1-7-12-13-17(8-2)14-25(6,34-21(28)11-5)22(23(29)31-16-18-15-30-18)24(32-19(26)9-3)33-20(27)10-4/h9-11,17-18H,3-5,7-8,12-16H2,1-2,6H3. The lowest BCUT2D eigenvalue weighted by molar-refractivity contribution is -0.157. The average Bonchev–Trinajstić information content (AvgIpc) is 3.64. The van der Waals surface area contributed by atoms with E-state index in [0.29, 0.717) is 13.0 Å². The minimum absolute atomic E-state index is 0.0172. The molecule has 0 N–H and O–H groups in total. The molecule has 1 rings (SSSR count). The third-order valence-electron chi connectivity index (χ3n) is 5.17. The topological polar surface area (TPSA) is 118 Å². The van der Waals surface area contributed by atoms with Crippen molar-refractivity contribution >= 4 is 23.9 Å². The summed E-state index contributed by atoms with van der Waals surface area (Å²) in [7, 11) is 0. The molecule has 3 atom stereocenters. The maximum atomic E-state index is 13.3. The van der Waals surface area contributed by atoms with Crippen LogP contribution in [0.1, 0.15) is 52.9 Å². The van der Waals surface area contributed by atoms with Gasteiger partial charge in [0, 0.05) is 18.2 Å². The molecule has 3 unspecified atom stereocenters. The normalized spacial score (nSPS) is 16.6. The predicted octanol–water partition coefficient (Wildman–Crippen LogP) is 3.69. The van der Waals surface area contributed by atoms with Crippen LogP contribution >= 0.6 is 0 Å². The molecule has 0 radical (unpaired) electrons. The highest BCUT2D eigenvalue weighted by Gasteiger charge is 2.45. The third kappa shape index (κ3) is 9.35. The van der Waals surface area contributed by atoms with Crippen LogP contribution < -0.4 is 0 Å². The summed E-state index contributed by atoms with van der Waals surface area (Å²) < 4.78 is 26.3. The third-order valence-corrected chi connectivity index (χ3v) is 5.17. The number of carbonyl (C=O) groups excluding carboxylic acids is 4. The Hall–Kier alpha value is -3.20. The molecular formula is C25H34O9. The summed E-state index contributed by atoms with van der Waals surface area (Å²) in [5.74, 6) is -4.59. The van der Waals surface area contributed by atoms with E-state index in [1.807, 2.05) is 13.8 Å². The monoisotopic (exact) mass is 478 g/mol. The van der Waals surface area contributed by atoms with Crippen LogP contribution in [0.15, 0.2) is 49.5 Å². The van der Waals surface area contributed by atoms with Crippen molar-refractivity contribution in [2.75, 3.05) is 13.2 Å². The van der Waals surface area contributed by atoms with Crippen LogP contribution in [-0.4, -0.2) is 48.8 Å². The molecule has 0 aromatic rings. The number of rotatable bonds is 16. The van der Waals surface area contributed by atoms with E-state index in [1.165, 1.54) is 6.92 Å². The summed E-state index contributed by atoms with van der Waals surface area (Å²) in [5.41, 5.74) is -2.14. The molecule has 0 aliphatic carbocycles. The molecule has 1 aliphatic rings. The first kappa shape index (κ1) is 28.8. The Morgan fingerprint density at radius 2 is 1.59 bits per heavy atom. The van der Waals surface area contributed by atoms with Gasteiger partial charge in [0.15, 0.2) is 5.57 Å². The van der Waals surface area contributed by atoms with E-state index in [1.54, 1.807) is 0 Å². The number of carbonyl (C=O) groups is 4. The summed E-state index contributed by atoms with van der Waals surface area (Å²) in [4.78, 5) is 49.6. The Kier molecular flexibility index (Phi) is 12.0. The molecule has 1 fully saturated rings. The number of ether oxygens (including phenoxy) is 5. The van der Waals surface area contributed by atoms with Crippen LogP contribution in [0.5, 0.6) is 0 Å². The van der Waals surface area contributed by atoms with Crippen molar-refractivity contribution in [1.82, 2.24) is 0 Å². The van der Waals surface area contributed by atoms with Crippen molar-refractivity contribution in [2.24, 2.45) is 5.92 Å². The van der Waals surface area contributed by atoms with E-state index in [4.69, 9.17) is 23.7 Å². The molecule has 0 spiro atoms. The largest absolute Gasteiger partial charge is 0.459 e. The van der Waals surface area contributed by atoms with Crippen molar-refractivity contribution in [1.29, 1.82) is 0 Å². The zero-order chi connectivity index (χ0) is 25.7. The van der Waals surface area contributed by atoms with Crippen molar-refractivity contribution in [3.05, 3.63) is 49.5 Å². The molecule has 0 bridgehead atoms. The van der Waals surface area contributed by atoms with Gasteiger partial charge >= 0.3 is 29.8 Å². The summed E-state index contributed by atoms with van der Waals surface area (Å²) in [6.07, 6.45) is 5.86. The zero-order valence-corrected chi connectivity index (χ0v) is 20.1. The molecule has 0 aromatic carbocycles. The van der Waals surface area contributed by atoms with Gasteiger partial charge in [-0.05, 0) is 19.3 Å². The van der Waals surface area contributed by atoms with Gasteiger partial charge in [-0.1, -0.05) is 59.3 Å². The highest BCUT2D eigenvalue weighted by molar-refractivity contribution is 5.94. The van der Waals surface area contributed by atoms with E-state index in [0.717, 1.165) is 37.5 Å². The fourth-order valence-corrected chi connectivity index (χ4v) is 3.26. The maximum absolute atomic E-state index is 13.3. The first-order chi connectivity index (χ1) is 16.1. The number of unbranched alkanes of at least 4 members (excludes halogenated alkanes) is 1. The minimum Gasteiger partial charge on any atom is -0.459 e. The fraction of sp³-hybridized carbons (Fsp3) is 0.520. The van der Waals surface area contributed by atoms with E-state index in [-0.39, 0.29) is 25.0 Å². The molecule has 0 saturated carbocycles. The average molecular weight is 479 g/mol. The first-order valence-electron chi connectivity index (χ1n) is 11.2. The SMILES string of the molecule is C=CC(=O)OC(OC(=O)C=C)=C(C(=O)OCC1CO1)C(C)(CC(CC)CCCC)OC(=O)C=C. The second-order valence-electron chi connectivity index (χ2n) is 7.94. The zero-order valence-electron chi connectivity index (χ0n) is 20.1. The molecule has 188 valence electrons. The number of epoxide rings is 1. The van der Waals surface area contributed by atoms with Crippen molar-refractivity contribution in [3.8, 4) is 0 Å². The van der Waals surface area contributed by atoms with Gasteiger partial charge in [0.05, 0.1) is 6.61 Å². The summed E-state index contributed by atoms with van der Waals surface area (Å²) >= 11 is 0. The Bertz CT molecular complexity index is 798. The van der Waals surface area contributed by atoms with E-state index in [9.17, 15) is 19.2 Å². The summed E-state index contributed by atoms with van der Waals surface area (Å²) in [6.45, 7) is 15.9. The van der Waals surface area contributed by atoms with Crippen molar-refractivity contribution in [3.63, 3.8) is 0 Å². The van der Waals surface area contributed by atoms with Crippen LogP contribution in [0.2, 0.25) is 0 Å². The van der Waals surface area contributed by atoms with Gasteiger partial charge in [0.25, 0.3) is 0 Å². The van der Waals surface area contributed by atoms with Gasteiger partial charge in [0.2, 0.25) is 0 Å². The molecule has 0 aromatic heterocycles. The van der Waals surface area contributed by atoms with Gasteiger partial charge in [-0.2, -0.15) is 0 Å². The number of esters is 4. The Labute approximate surface area is 200 Å². The van der Waals surface area contributed by atoms with E-state index >= 15 is 0 Å². The highest BCUT2D eigenvalue weighted by atomic mass is 16.7. The second kappa shape index (κ2) is 14.1. The highest BCUT2D eigenvalue weighted by Crippen LogP contribution is 2.36. The van der Waals surface area contributed by atoms with Gasteiger partial charge in [-0.15, -0.1) is 0 Å². The molecule has 1 aliphatic heterocycles. The van der Waals surface area contributed by atoms with E-state index in [2.05, 4.69) is 19.7 Å². The van der Waals surface area contributed by atoms with Crippen LogP contribution in [0.3, 0.4) is 0 Å². The van der Waals surface area contributed by atoms with Crippen LogP contribution in [0, 0.1) is 5.92 Å². The first-order valence-corrected chi connectivity index (χ1v) is 11.2. The van der Waals surface area contributed by atoms with Gasteiger partial charge < -0.3 is 23.7 Å².